The highest BCUT2D eigenvalue weighted by Crippen LogP contribution is 2.30. The molecule has 3 aromatic heterocycles. The van der Waals surface area contributed by atoms with Crippen molar-refractivity contribution in [1.29, 1.82) is 0 Å². The summed E-state index contributed by atoms with van der Waals surface area (Å²) in [6.07, 6.45) is 3.29. The Morgan fingerprint density at radius 3 is 2.92 bits per heavy atom. The van der Waals surface area contributed by atoms with E-state index in [1.54, 1.807) is 24.5 Å². The molecule has 0 aliphatic heterocycles. The number of pyridine rings is 1. The molecule has 24 heavy (non-hydrogen) atoms. The van der Waals surface area contributed by atoms with Crippen molar-refractivity contribution in [2.75, 3.05) is 5.32 Å². The molecule has 7 nitrogen and oxygen atoms in total. The Bertz CT molecular complexity index is 1030. The molecule has 8 heteroatoms. The minimum absolute atomic E-state index is 0.162. The van der Waals surface area contributed by atoms with Crippen LogP contribution >= 0.6 is 11.3 Å². The minimum Gasteiger partial charge on any atom is -0.478 e. The maximum Gasteiger partial charge on any atom is 0.337 e. The summed E-state index contributed by atoms with van der Waals surface area (Å²) in [6, 6.07) is 8.69. The molecule has 0 aliphatic rings. The van der Waals surface area contributed by atoms with Crippen LogP contribution in [0.3, 0.4) is 0 Å². The van der Waals surface area contributed by atoms with Gasteiger partial charge in [0.1, 0.15) is 0 Å². The third-order valence-electron chi connectivity index (χ3n) is 3.53. The highest BCUT2D eigenvalue weighted by molar-refractivity contribution is 7.13. The van der Waals surface area contributed by atoms with Crippen LogP contribution < -0.4 is 5.32 Å². The molecule has 0 unspecified atom stereocenters. The van der Waals surface area contributed by atoms with Crippen LogP contribution in [0.2, 0.25) is 0 Å². The Morgan fingerprint density at radius 2 is 2.12 bits per heavy atom. The number of carboxylic acids is 1. The van der Waals surface area contributed by atoms with Gasteiger partial charge in [-0.2, -0.15) is 5.10 Å². The third-order valence-corrected chi connectivity index (χ3v) is 4.22. The number of aromatic carboxylic acids is 1. The van der Waals surface area contributed by atoms with Crippen LogP contribution in [0.4, 0.5) is 10.9 Å². The van der Waals surface area contributed by atoms with E-state index in [0.29, 0.717) is 17.1 Å². The number of nitrogens with zero attached hydrogens (tertiary/aromatic N) is 3. The minimum atomic E-state index is -1.01. The molecule has 3 N–H and O–H groups in total. The molecule has 4 aromatic rings. The predicted molar refractivity (Wildman–Crippen MR) is 91.7 cm³/mol. The van der Waals surface area contributed by atoms with Crippen molar-refractivity contribution in [3.05, 3.63) is 53.7 Å². The molecular weight excluding hydrogens is 326 g/mol. The molecule has 0 fully saturated rings. The van der Waals surface area contributed by atoms with E-state index < -0.39 is 5.97 Å². The number of thiazole rings is 1. The fourth-order valence-electron chi connectivity index (χ4n) is 2.45. The van der Waals surface area contributed by atoms with E-state index in [-0.39, 0.29) is 5.56 Å². The van der Waals surface area contributed by atoms with Gasteiger partial charge in [0, 0.05) is 28.7 Å². The van der Waals surface area contributed by atoms with Gasteiger partial charge in [0.2, 0.25) is 0 Å². The van der Waals surface area contributed by atoms with E-state index in [9.17, 15) is 9.90 Å². The lowest BCUT2D eigenvalue weighted by atomic mass is 10.0. The van der Waals surface area contributed by atoms with Crippen LogP contribution in [-0.4, -0.2) is 31.2 Å². The van der Waals surface area contributed by atoms with Gasteiger partial charge < -0.3 is 10.4 Å². The molecule has 0 saturated heterocycles. The van der Waals surface area contributed by atoms with Crippen LogP contribution in [0.1, 0.15) is 10.4 Å². The molecular formula is C16H11N5O2S. The van der Waals surface area contributed by atoms with Crippen molar-refractivity contribution in [3.8, 4) is 11.3 Å². The number of nitrogens with one attached hydrogen (secondary N) is 2. The Balaban J connectivity index is 1.82. The first kappa shape index (κ1) is 14.3. The molecule has 118 valence electrons. The summed E-state index contributed by atoms with van der Waals surface area (Å²) in [5.41, 5.74) is 2.14. The number of hydrogen-bond donors (Lipinski definition) is 3. The fraction of sp³-hybridized carbons (Fsp3) is 0. The van der Waals surface area contributed by atoms with Crippen molar-refractivity contribution in [3.63, 3.8) is 0 Å². The molecule has 0 saturated carbocycles. The summed E-state index contributed by atoms with van der Waals surface area (Å²) in [7, 11) is 0. The second-order valence-electron chi connectivity index (χ2n) is 5.00. The van der Waals surface area contributed by atoms with Crippen LogP contribution in [0.15, 0.2) is 48.1 Å². The number of anilines is 2. The topological polar surface area (TPSA) is 104 Å². The Labute approximate surface area is 140 Å². The third kappa shape index (κ3) is 2.48. The predicted octanol–water partition coefficient (Wildman–Crippen LogP) is 3.52. The fourth-order valence-corrected chi connectivity index (χ4v) is 2.98. The monoisotopic (exact) mass is 337 g/mol. The number of carbonyl (C=O) groups is 1. The van der Waals surface area contributed by atoms with Crippen molar-refractivity contribution in [2.24, 2.45) is 0 Å². The van der Waals surface area contributed by atoms with Crippen molar-refractivity contribution in [1.82, 2.24) is 20.2 Å². The first-order valence-corrected chi connectivity index (χ1v) is 7.93. The lowest BCUT2D eigenvalue weighted by Gasteiger charge is -2.05. The van der Waals surface area contributed by atoms with Crippen LogP contribution in [0, 0.1) is 0 Å². The van der Waals surface area contributed by atoms with Gasteiger partial charge in [0.25, 0.3) is 0 Å². The van der Waals surface area contributed by atoms with Gasteiger partial charge >= 0.3 is 5.97 Å². The number of benzene rings is 1. The van der Waals surface area contributed by atoms with Gasteiger partial charge in [-0.15, -0.1) is 11.3 Å². The lowest BCUT2D eigenvalue weighted by molar-refractivity contribution is 0.0697. The summed E-state index contributed by atoms with van der Waals surface area (Å²) >= 11 is 1.47. The second-order valence-corrected chi connectivity index (χ2v) is 5.89. The maximum atomic E-state index is 11.4. The van der Waals surface area contributed by atoms with E-state index in [4.69, 9.17) is 0 Å². The van der Waals surface area contributed by atoms with Gasteiger partial charge in [-0.3, -0.25) is 10.1 Å². The largest absolute Gasteiger partial charge is 0.478 e. The van der Waals surface area contributed by atoms with Crippen molar-refractivity contribution in [2.45, 2.75) is 0 Å². The first-order valence-electron chi connectivity index (χ1n) is 7.06. The lowest BCUT2D eigenvalue weighted by Crippen LogP contribution is -2.01. The Kier molecular flexibility index (Phi) is 3.43. The van der Waals surface area contributed by atoms with Crippen LogP contribution in [0.25, 0.3) is 22.2 Å². The zero-order chi connectivity index (χ0) is 16.5. The number of aromatic amines is 1. The summed E-state index contributed by atoms with van der Waals surface area (Å²) < 4.78 is 0. The van der Waals surface area contributed by atoms with Crippen molar-refractivity contribution >= 4 is 39.2 Å². The molecule has 3 heterocycles. The van der Waals surface area contributed by atoms with E-state index >= 15 is 0 Å². The summed E-state index contributed by atoms with van der Waals surface area (Å²) in [5, 5.41) is 23.1. The number of carboxylic acid groups (broad SMARTS) is 1. The van der Waals surface area contributed by atoms with Gasteiger partial charge in [0.15, 0.2) is 10.9 Å². The summed E-state index contributed by atoms with van der Waals surface area (Å²) in [5.74, 6) is -0.374. The first-order chi connectivity index (χ1) is 11.7. The second kappa shape index (κ2) is 5.74. The molecule has 0 aliphatic carbocycles. The van der Waals surface area contributed by atoms with Crippen LogP contribution in [-0.2, 0) is 0 Å². The van der Waals surface area contributed by atoms with Crippen LogP contribution in [0.5, 0.6) is 0 Å². The molecule has 0 bridgehead atoms. The van der Waals surface area contributed by atoms with Gasteiger partial charge in [-0.25, -0.2) is 9.78 Å². The number of aromatic nitrogens is 4. The SMILES string of the molecule is O=C(O)c1cccnc1-c1ccc2[nH]nc(Nc3nccs3)c2c1. The quantitative estimate of drug-likeness (QED) is 0.526. The molecule has 4 rings (SSSR count). The van der Waals surface area contributed by atoms with E-state index in [0.717, 1.165) is 16.0 Å². The molecule has 0 atom stereocenters. The zero-order valence-electron chi connectivity index (χ0n) is 12.2. The molecule has 0 spiro atoms. The highest BCUT2D eigenvalue weighted by Gasteiger charge is 2.14. The average Bonchev–Trinajstić information content (AvgIpc) is 3.25. The maximum absolute atomic E-state index is 11.4. The normalized spacial score (nSPS) is 10.8. The number of H-pyrrole nitrogens is 1. The van der Waals surface area contributed by atoms with Gasteiger partial charge in [-0.05, 0) is 24.3 Å². The van der Waals surface area contributed by atoms with Gasteiger partial charge in [-0.1, -0.05) is 6.07 Å². The van der Waals surface area contributed by atoms with E-state index in [1.165, 1.54) is 11.3 Å². The molecule has 1 aromatic carbocycles. The summed E-state index contributed by atoms with van der Waals surface area (Å²) in [6.45, 7) is 0. The zero-order valence-corrected chi connectivity index (χ0v) is 13.0. The standard InChI is InChI=1S/C16H11N5O2S/c22-15(23)10-2-1-5-17-13(10)9-3-4-12-11(8-9)14(21-20-12)19-16-18-6-7-24-16/h1-8H,(H,22,23)(H2,18,19,20,21). The smallest absolute Gasteiger partial charge is 0.337 e. The number of fused-ring (bicyclic) bond motifs is 1. The van der Waals surface area contributed by atoms with E-state index in [1.807, 2.05) is 23.6 Å². The molecule has 0 radical (unpaired) electrons. The Morgan fingerprint density at radius 1 is 1.21 bits per heavy atom. The van der Waals surface area contributed by atoms with Gasteiger partial charge in [0.05, 0.1) is 16.8 Å². The average molecular weight is 337 g/mol. The van der Waals surface area contributed by atoms with E-state index in [2.05, 4.69) is 25.5 Å². The Hall–Kier alpha value is -3.26. The summed E-state index contributed by atoms with van der Waals surface area (Å²) in [4.78, 5) is 19.8. The highest BCUT2D eigenvalue weighted by atomic mass is 32.1. The molecule has 0 amide bonds. The number of rotatable bonds is 4. The van der Waals surface area contributed by atoms with Crippen molar-refractivity contribution < 1.29 is 9.90 Å². The number of hydrogen-bond acceptors (Lipinski definition) is 6.